The first-order valence-electron chi connectivity index (χ1n) is 10.5. The summed E-state index contributed by atoms with van der Waals surface area (Å²) >= 11 is 0. The van der Waals surface area contributed by atoms with Crippen LogP contribution in [0, 0.1) is 5.41 Å². The summed E-state index contributed by atoms with van der Waals surface area (Å²) in [5.41, 5.74) is 5.14. The summed E-state index contributed by atoms with van der Waals surface area (Å²) in [5, 5.41) is 0. The number of ketones is 1. The van der Waals surface area contributed by atoms with Gasteiger partial charge in [-0.15, -0.1) is 0 Å². The highest BCUT2D eigenvalue weighted by Gasteiger charge is 2.30. The van der Waals surface area contributed by atoms with Crippen LogP contribution in [0.1, 0.15) is 61.3 Å². The number of hydrogen-bond acceptors (Lipinski definition) is 3. The van der Waals surface area contributed by atoms with Crippen molar-refractivity contribution < 1.29 is 14.3 Å². The first-order valence-corrected chi connectivity index (χ1v) is 10.5. The number of carbonyl (C=O) groups excluding carboxylic acids is 2. The standard InChI is InChI=1S/C27H36O3/c1-8-30-26(29)19-22(4)14-10-12-20(2)11-9-13-21(3)15-16-24-23(5)25(28)17-18-27(24,6)7/h9-16,19H,8,17-18H2,1-7H3/b11-9+,14-10+,16-15+,20-12+,21-13+,22-19+. The molecule has 0 heterocycles. The Hall–Kier alpha value is -2.68. The van der Waals surface area contributed by atoms with Gasteiger partial charge in [0.2, 0.25) is 0 Å². The van der Waals surface area contributed by atoms with Crippen molar-refractivity contribution in [1.29, 1.82) is 0 Å². The Bertz CT molecular complexity index is 853. The predicted octanol–water partition coefficient (Wildman–Crippen LogP) is 6.76. The van der Waals surface area contributed by atoms with Gasteiger partial charge in [0, 0.05) is 12.5 Å². The Kier molecular flexibility index (Phi) is 10.2. The van der Waals surface area contributed by atoms with Gasteiger partial charge in [-0.05, 0) is 63.2 Å². The quantitative estimate of drug-likeness (QED) is 0.253. The third kappa shape index (κ3) is 8.77. The topological polar surface area (TPSA) is 43.4 Å². The fourth-order valence-corrected chi connectivity index (χ4v) is 3.20. The molecule has 0 bridgehead atoms. The summed E-state index contributed by atoms with van der Waals surface area (Å²) in [5.74, 6) is -0.0579. The number of esters is 1. The maximum Gasteiger partial charge on any atom is 0.330 e. The van der Waals surface area contributed by atoms with Crippen LogP contribution in [0.25, 0.3) is 0 Å². The van der Waals surface area contributed by atoms with Crippen molar-refractivity contribution >= 4 is 11.8 Å². The van der Waals surface area contributed by atoms with Crippen LogP contribution in [-0.2, 0) is 14.3 Å². The van der Waals surface area contributed by atoms with Crippen molar-refractivity contribution in [1.82, 2.24) is 0 Å². The number of allylic oxidation sites excluding steroid dienone is 13. The van der Waals surface area contributed by atoms with Crippen LogP contribution in [0.3, 0.4) is 0 Å². The van der Waals surface area contributed by atoms with Crippen LogP contribution in [0.2, 0.25) is 0 Å². The van der Waals surface area contributed by atoms with Gasteiger partial charge < -0.3 is 4.74 Å². The minimum Gasteiger partial charge on any atom is -0.463 e. The number of carbonyl (C=O) groups is 2. The number of rotatable bonds is 8. The first kappa shape index (κ1) is 25.4. The van der Waals surface area contributed by atoms with Crippen molar-refractivity contribution in [2.45, 2.75) is 61.3 Å². The average Bonchev–Trinajstić information content (AvgIpc) is 2.65. The molecule has 0 saturated heterocycles. The van der Waals surface area contributed by atoms with Crippen molar-refractivity contribution in [3.8, 4) is 0 Å². The molecule has 0 aromatic heterocycles. The summed E-state index contributed by atoms with van der Waals surface area (Å²) in [6.45, 7) is 14.4. The molecule has 0 aliphatic heterocycles. The van der Waals surface area contributed by atoms with Crippen molar-refractivity contribution in [3.63, 3.8) is 0 Å². The van der Waals surface area contributed by atoms with Crippen LogP contribution in [0.15, 0.2) is 82.5 Å². The second-order valence-corrected chi connectivity index (χ2v) is 8.36. The molecule has 3 heteroatoms. The predicted molar refractivity (Wildman–Crippen MR) is 126 cm³/mol. The molecule has 0 saturated carbocycles. The Morgan fingerprint density at radius 2 is 1.57 bits per heavy atom. The van der Waals surface area contributed by atoms with Gasteiger partial charge in [-0.25, -0.2) is 4.79 Å². The van der Waals surface area contributed by atoms with Gasteiger partial charge in [-0.1, -0.05) is 73.6 Å². The van der Waals surface area contributed by atoms with Crippen LogP contribution in [-0.4, -0.2) is 18.4 Å². The van der Waals surface area contributed by atoms with Gasteiger partial charge in [-0.2, -0.15) is 0 Å². The average molecular weight is 409 g/mol. The lowest BCUT2D eigenvalue weighted by molar-refractivity contribution is -0.137. The van der Waals surface area contributed by atoms with Crippen LogP contribution in [0.5, 0.6) is 0 Å². The fourth-order valence-electron chi connectivity index (χ4n) is 3.20. The molecule has 1 rings (SSSR count). The molecule has 0 amide bonds. The van der Waals surface area contributed by atoms with E-state index in [2.05, 4.69) is 39.0 Å². The summed E-state index contributed by atoms with van der Waals surface area (Å²) in [6.07, 6.45) is 19.1. The fraction of sp³-hybridized carbons (Fsp3) is 0.407. The molecular weight excluding hydrogens is 372 g/mol. The largest absolute Gasteiger partial charge is 0.463 e. The van der Waals surface area contributed by atoms with E-state index in [1.54, 1.807) is 6.92 Å². The highest BCUT2D eigenvalue weighted by atomic mass is 16.5. The number of ether oxygens (including phenoxy) is 1. The lowest BCUT2D eigenvalue weighted by Gasteiger charge is -2.32. The van der Waals surface area contributed by atoms with E-state index in [0.717, 1.165) is 34.3 Å². The Labute approximate surface area is 182 Å². The second-order valence-electron chi connectivity index (χ2n) is 8.36. The molecule has 0 unspecified atom stereocenters. The minimum atomic E-state index is -0.319. The summed E-state index contributed by atoms with van der Waals surface area (Å²) in [6, 6.07) is 0. The summed E-state index contributed by atoms with van der Waals surface area (Å²) in [4.78, 5) is 23.4. The van der Waals surface area contributed by atoms with Crippen molar-refractivity contribution in [2.75, 3.05) is 6.61 Å². The molecule has 162 valence electrons. The summed E-state index contributed by atoms with van der Waals surface area (Å²) < 4.78 is 4.89. The zero-order valence-electron chi connectivity index (χ0n) is 19.5. The van der Waals surface area contributed by atoms with E-state index in [1.165, 1.54) is 6.08 Å². The number of Topliss-reactive ketones (excluding diaryl/α,β-unsaturated/α-hetero) is 1. The smallest absolute Gasteiger partial charge is 0.330 e. The molecule has 1 aliphatic carbocycles. The van der Waals surface area contributed by atoms with Gasteiger partial charge in [0.15, 0.2) is 5.78 Å². The van der Waals surface area contributed by atoms with E-state index in [-0.39, 0.29) is 17.2 Å². The molecule has 0 atom stereocenters. The molecule has 0 aromatic carbocycles. The van der Waals surface area contributed by atoms with E-state index >= 15 is 0 Å². The molecule has 0 fully saturated rings. The van der Waals surface area contributed by atoms with Crippen molar-refractivity contribution in [2.24, 2.45) is 5.41 Å². The molecule has 0 radical (unpaired) electrons. The molecule has 0 aromatic rings. The van der Waals surface area contributed by atoms with E-state index < -0.39 is 0 Å². The molecule has 30 heavy (non-hydrogen) atoms. The van der Waals surface area contributed by atoms with Gasteiger partial charge in [0.1, 0.15) is 0 Å². The highest BCUT2D eigenvalue weighted by Crippen LogP contribution is 2.39. The molecular formula is C27H36O3. The van der Waals surface area contributed by atoms with Gasteiger partial charge in [0.05, 0.1) is 6.61 Å². The molecule has 1 aliphatic rings. The Morgan fingerprint density at radius 3 is 2.17 bits per heavy atom. The van der Waals surface area contributed by atoms with Gasteiger partial charge in [0.25, 0.3) is 0 Å². The Balaban J connectivity index is 2.74. The van der Waals surface area contributed by atoms with E-state index in [1.807, 2.05) is 51.2 Å². The van der Waals surface area contributed by atoms with Crippen LogP contribution < -0.4 is 0 Å². The van der Waals surface area contributed by atoms with Crippen LogP contribution >= 0.6 is 0 Å². The lowest BCUT2D eigenvalue weighted by Crippen LogP contribution is -2.24. The first-order chi connectivity index (χ1) is 14.1. The zero-order valence-corrected chi connectivity index (χ0v) is 19.5. The van der Waals surface area contributed by atoms with Gasteiger partial charge >= 0.3 is 5.97 Å². The SMILES string of the molecule is CCOC(=O)/C=C(C)/C=C/C=C(C)/C=C/C=C(C)/C=C/C1=C(C)C(=O)CCC1(C)C. The van der Waals surface area contributed by atoms with Crippen LogP contribution in [0.4, 0.5) is 0 Å². The maximum absolute atomic E-state index is 12.0. The normalized spacial score (nSPS) is 18.9. The molecule has 0 spiro atoms. The molecule has 3 nitrogen and oxygen atoms in total. The third-order valence-electron chi connectivity index (χ3n) is 5.11. The van der Waals surface area contributed by atoms with E-state index in [0.29, 0.717) is 13.0 Å². The molecule has 0 N–H and O–H groups in total. The number of hydrogen-bond donors (Lipinski definition) is 0. The Morgan fingerprint density at radius 1 is 1.00 bits per heavy atom. The zero-order chi connectivity index (χ0) is 22.7. The van der Waals surface area contributed by atoms with E-state index in [9.17, 15) is 9.59 Å². The summed E-state index contributed by atoms with van der Waals surface area (Å²) in [7, 11) is 0. The second kappa shape index (κ2) is 12.1. The third-order valence-corrected chi connectivity index (χ3v) is 5.11. The monoisotopic (exact) mass is 408 g/mol. The highest BCUT2D eigenvalue weighted by molar-refractivity contribution is 5.97. The minimum absolute atomic E-state index is 0.0378. The lowest BCUT2D eigenvalue weighted by atomic mass is 9.72. The van der Waals surface area contributed by atoms with E-state index in [4.69, 9.17) is 4.74 Å². The van der Waals surface area contributed by atoms with Crippen molar-refractivity contribution in [3.05, 3.63) is 82.5 Å². The van der Waals surface area contributed by atoms with Gasteiger partial charge in [-0.3, -0.25) is 4.79 Å². The maximum atomic E-state index is 12.0.